The zero-order valence-electron chi connectivity index (χ0n) is 16.2. The van der Waals surface area contributed by atoms with Crippen molar-refractivity contribution in [3.63, 3.8) is 0 Å². The van der Waals surface area contributed by atoms with E-state index in [2.05, 4.69) is 4.90 Å². The summed E-state index contributed by atoms with van der Waals surface area (Å²) in [5.41, 5.74) is 1.46. The maximum absolute atomic E-state index is 12.9. The zero-order valence-corrected chi connectivity index (χ0v) is 16.9. The van der Waals surface area contributed by atoms with E-state index in [-0.39, 0.29) is 22.4 Å². The fourth-order valence-corrected chi connectivity index (χ4v) is 3.50. The highest BCUT2D eigenvalue weighted by atomic mass is 35.5. The minimum Gasteiger partial charge on any atom is -0.503 e. The SMILES string of the molecule is CCOc1ccccc1N1CCN(C(=O)c2cc(Cl)c(O)c(OCC)c2)CC1. The highest BCUT2D eigenvalue weighted by molar-refractivity contribution is 6.32. The van der Waals surface area contributed by atoms with Crippen molar-refractivity contribution in [2.75, 3.05) is 44.3 Å². The van der Waals surface area contributed by atoms with Gasteiger partial charge in [-0.1, -0.05) is 23.7 Å². The van der Waals surface area contributed by atoms with Gasteiger partial charge in [0.2, 0.25) is 0 Å². The maximum atomic E-state index is 12.9. The van der Waals surface area contributed by atoms with Gasteiger partial charge in [0.25, 0.3) is 5.91 Å². The summed E-state index contributed by atoms with van der Waals surface area (Å²) in [5, 5.41) is 10.1. The van der Waals surface area contributed by atoms with Gasteiger partial charge in [-0.05, 0) is 38.1 Å². The lowest BCUT2D eigenvalue weighted by Gasteiger charge is -2.36. The minimum absolute atomic E-state index is 0.110. The monoisotopic (exact) mass is 404 g/mol. The zero-order chi connectivity index (χ0) is 20.1. The first-order valence-electron chi connectivity index (χ1n) is 9.46. The van der Waals surface area contributed by atoms with E-state index in [1.165, 1.54) is 6.07 Å². The lowest BCUT2D eigenvalue weighted by molar-refractivity contribution is 0.0746. The number of carbonyl (C=O) groups excluding carboxylic acids is 1. The van der Waals surface area contributed by atoms with Gasteiger partial charge >= 0.3 is 0 Å². The van der Waals surface area contributed by atoms with Gasteiger partial charge in [0.1, 0.15) is 5.75 Å². The number of para-hydroxylation sites is 2. The number of nitrogens with zero attached hydrogens (tertiary/aromatic N) is 2. The summed E-state index contributed by atoms with van der Waals surface area (Å²) in [5.74, 6) is 0.817. The Balaban J connectivity index is 1.71. The minimum atomic E-state index is -0.141. The number of benzene rings is 2. The predicted octanol–water partition coefficient (Wildman–Crippen LogP) is 3.81. The molecule has 1 fully saturated rings. The second-order valence-corrected chi connectivity index (χ2v) is 6.83. The molecule has 1 N–H and O–H groups in total. The van der Waals surface area contributed by atoms with Crippen LogP contribution in [0.4, 0.5) is 5.69 Å². The number of rotatable bonds is 6. The Bertz CT molecular complexity index is 835. The number of hydrogen-bond donors (Lipinski definition) is 1. The Hall–Kier alpha value is -2.60. The summed E-state index contributed by atoms with van der Waals surface area (Å²) < 4.78 is 11.1. The molecule has 2 aromatic carbocycles. The van der Waals surface area contributed by atoms with Crippen molar-refractivity contribution in [1.29, 1.82) is 0 Å². The quantitative estimate of drug-likeness (QED) is 0.793. The van der Waals surface area contributed by atoms with Crippen molar-refractivity contribution in [2.24, 2.45) is 0 Å². The third-order valence-corrected chi connectivity index (χ3v) is 4.94. The predicted molar refractivity (Wildman–Crippen MR) is 110 cm³/mol. The van der Waals surface area contributed by atoms with Crippen LogP contribution in [-0.2, 0) is 0 Å². The van der Waals surface area contributed by atoms with Crippen LogP contribution in [0, 0.1) is 0 Å². The summed E-state index contributed by atoms with van der Waals surface area (Å²) in [6.07, 6.45) is 0. The van der Waals surface area contributed by atoms with Gasteiger partial charge in [0.05, 0.1) is 23.9 Å². The summed E-state index contributed by atoms with van der Waals surface area (Å²) in [4.78, 5) is 16.9. The Labute approximate surface area is 170 Å². The first-order valence-corrected chi connectivity index (χ1v) is 9.84. The highest BCUT2D eigenvalue weighted by Gasteiger charge is 2.25. The van der Waals surface area contributed by atoms with Crippen LogP contribution >= 0.6 is 11.6 Å². The molecule has 3 rings (SSSR count). The molecule has 0 radical (unpaired) electrons. The summed E-state index contributed by atoms with van der Waals surface area (Å²) in [6, 6.07) is 11.0. The normalized spacial score (nSPS) is 14.1. The van der Waals surface area contributed by atoms with Gasteiger partial charge in [-0.15, -0.1) is 0 Å². The summed E-state index contributed by atoms with van der Waals surface area (Å²) in [6.45, 7) is 7.34. The van der Waals surface area contributed by atoms with Crippen LogP contribution in [-0.4, -0.2) is 55.3 Å². The number of carbonyl (C=O) groups is 1. The number of aromatic hydroxyl groups is 1. The van der Waals surface area contributed by atoms with Crippen molar-refractivity contribution in [1.82, 2.24) is 4.90 Å². The average molecular weight is 405 g/mol. The van der Waals surface area contributed by atoms with Crippen LogP contribution < -0.4 is 14.4 Å². The van der Waals surface area contributed by atoms with Crippen molar-refractivity contribution < 1.29 is 19.4 Å². The van der Waals surface area contributed by atoms with Gasteiger partial charge in [-0.25, -0.2) is 0 Å². The lowest BCUT2D eigenvalue weighted by atomic mass is 10.1. The number of ether oxygens (including phenoxy) is 2. The van der Waals surface area contributed by atoms with Crippen LogP contribution in [0.25, 0.3) is 0 Å². The van der Waals surface area contributed by atoms with Gasteiger partial charge < -0.3 is 24.4 Å². The van der Waals surface area contributed by atoms with Crippen molar-refractivity contribution in [2.45, 2.75) is 13.8 Å². The molecular formula is C21H25ClN2O4. The second kappa shape index (κ2) is 9.06. The molecule has 0 saturated carbocycles. The van der Waals surface area contributed by atoms with Crippen LogP contribution in [0.15, 0.2) is 36.4 Å². The Morgan fingerprint density at radius 2 is 1.68 bits per heavy atom. The fraction of sp³-hybridized carbons (Fsp3) is 0.381. The van der Waals surface area contributed by atoms with Gasteiger partial charge in [0.15, 0.2) is 11.5 Å². The van der Waals surface area contributed by atoms with E-state index in [4.69, 9.17) is 21.1 Å². The molecule has 1 saturated heterocycles. The lowest BCUT2D eigenvalue weighted by Crippen LogP contribution is -2.48. The van der Waals surface area contributed by atoms with Crippen LogP contribution in [0.1, 0.15) is 24.2 Å². The van der Waals surface area contributed by atoms with E-state index >= 15 is 0 Å². The molecule has 150 valence electrons. The topological polar surface area (TPSA) is 62.2 Å². The maximum Gasteiger partial charge on any atom is 0.254 e. The smallest absolute Gasteiger partial charge is 0.254 e. The van der Waals surface area contributed by atoms with Crippen LogP contribution in [0.3, 0.4) is 0 Å². The van der Waals surface area contributed by atoms with Crippen LogP contribution in [0.2, 0.25) is 5.02 Å². The molecule has 2 aromatic rings. The fourth-order valence-electron chi connectivity index (χ4n) is 3.29. The van der Waals surface area contributed by atoms with E-state index in [9.17, 15) is 9.90 Å². The molecule has 0 unspecified atom stereocenters. The number of piperazine rings is 1. The van der Waals surface area contributed by atoms with Crippen molar-refractivity contribution in [3.05, 3.63) is 47.0 Å². The number of amides is 1. The highest BCUT2D eigenvalue weighted by Crippen LogP contribution is 2.36. The Morgan fingerprint density at radius 3 is 2.36 bits per heavy atom. The molecule has 7 heteroatoms. The van der Waals surface area contributed by atoms with Crippen molar-refractivity contribution >= 4 is 23.2 Å². The average Bonchev–Trinajstić information content (AvgIpc) is 2.72. The second-order valence-electron chi connectivity index (χ2n) is 6.42. The summed E-state index contributed by atoms with van der Waals surface area (Å²) >= 11 is 6.07. The van der Waals surface area contributed by atoms with E-state index < -0.39 is 0 Å². The van der Waals surface area contributed by atoms with Crippen molar-refractivity contribution in [3.8, 4) is 17.2 Å². The molecule has 0 aliphatic carbocycles. The number of phenolic OH excluding ortho intramolecular Hbond substituents is 1. The molecule has 6 nitrogen and oxygen atoms in total. The molecule has 1 amide bonds. The first kappa shape index (κ1) is 20.1. The number of phenols is 1. The first-order chi connectivity index (χ1) is 13.5. The molecule has 1 aliphatic rings. The van der Waals surface area contributed by atoms with Gasteiger partial charge in [-0.2, -0.15) is 0 Å². The third kappa shape index (κ3) is 4.28. The van der Waals surface area contributed by atoms with Gasteiger partial charge in [0, 0.05) is 31.7 Å². The number of halogens is 1. The number of anilines is 1. The van der Waals surface area contributed by atoms with E-state index in [0.29, 0.717) is 45.0 Å². The molecule has 1 aliphatic heterocycles. The van der Waals surface area contributed by atoms with Gasteiger partial charge in [-0.3, -0.25) is 4.79 Å². The van der Waals surface area contributed by atoms with E-state index in [1.807, 2.05) is 31.2 Å². The molecule has 28 heavy (non-hydrogen) atoms. The molecule has 0 aromatic heterocycles. The molecular weight excluding hydrogens is 380 g/mol. The molecule has 0 spiro atoms. The van der Waals surface area contributed by atoms with E-state index in [0.717, 1.165) is 11.4 Å². The molecule has 0 bridgehead atoms. The Kier molecular flexibility index (Phi) is 6.52. The molecule has 1 heterocycles. The Morgan fingerprint density at radius 1 is 1.04 bits per heavy atom. The van der Waals surface area contributed by atoms with E-state index in [1.54, 1.807) is 17.9 Å². The largest absolute Gasteiger partial charge is 0.503 e. The third-order valence-electron chi connectivity index (χ3n) is 4.65. The standard InChI is InChI=1S/C21H25ClN2O4/c1-3-27-18-8-6-5-7-17(18)23-9-11-24(12-10-23)21(26)15-13-16(22)20(25)19(14-15)28-4-2/h5-8,13-14,25H,3-4,9-12H2,1-2H3. The molecule has 0 atom stereocenters. The number of hydrogen-bond acceptors (Lipinski definition) is 5. The van der Waals surface area contributed by atoms with Crippen LogP contribution in [0.5, 0.6) is 17.2 Å². The summed E-state index contributed by atoms with van der Waals surface area (Å²) in [7, 11) is 0.